The molecule has 0 N–H and O–H groups in total. The van der Waals surface area contributed by atoms with E-state index >= 15 is 0 Å². The van der Waals surface area contributed by atoms with E-state index in [1.165, 1.54) is 0 Å². The summed E-state index contributed by atoms with van der Waals surface area (Å²) in [7, 11) is 0. The summed E-state index contributed by atoms with van der Waals surface area (Å²) in [6.07, 6.45) is 0. The summed E-state index contributed by atoms with van der Waals surface area (Å²) in [5.74, 6) is 0.621. The molecule has 140 valence electrons. The fourth-order valence-corrected chi connectivity index (χ4v) is 3.30. The Kier molecular flexibility index (Phi) is 4.93. The van der Waals surface area contributed by atoms with Crippen molar-refractivity contribution in [2.45, 2.75) is 20.5 Å². The summed E-state index contributed by atoms with van der Waals surface area (Å²) in [5.41, 5.74) is 4.06. The molecule has 1 aromatic heterocycles. The van der Waals surface area contributed by atoms with Crippen molar-refractivity contribution >= 4 is 22.6 Å². The third-order valence-corrected chi connectivity index (χ3v) is 5.20. The average Bonchev–Trinajstić information content (AvgIpc) is 2.70. The van der Waals surface area contributed by atoms with Gasteiger partial charge in [0.1, 0.15) is 12.2 Å². The lowest BCUT2D eigenvalue weighted by Gasteiger charge is -2.13. The second-order valence-corrected chi connectivity index (χ2v) is 7.18. The first-order valence-electron chi connectivity index (χ1n) is 9.04. The van der Waals surface area contributed by atoms with Crippen LogP contribution >= 0.6 is 11.6 Å². The lowest BCUT2D eigenvalue weighted by molar-refractivity contribution is 0.298. The van der Waals surface area contributed by atoms with E-state index in [0.29, 0.717) is 21.8 Å². The molecule has 4 rings (SSSR count). The van der Waals surface area contributed by atoms with E-state index in [1.54, 1.807) is 6.07 Å². The SMILES string of the molecule is Cc1cc2oc(-c3ccccc3)c(OCc3ccccc3Cl)c(=O)c2cc1C. The Morgan fingerprint density at radius 2 is 1.61 bits per heavy atom. The zero-order valence-corrected chi connectivity index (χ0v) is 16.4. The summed E-state index contributed by atoms with van der Waals surface area (Å²) in [5, 5.41) is 1.11. The third kappa shape index (κ3) is 3.41. The van der Waals surface area contributed by atoms with Crippen molar-refractivity contribution in [1.82, 2.24) is 0 Å². The van der Waals surface area contributed by atoms with Crippen LogP contribution in [0.5, 0.6) is 5.75 Å². The van der Waals surface area contributed by atoms with Crippen LogP contribution in [-0.4, -0.2) is 0 Å². The van der Waals surface area contributed by atoms with E-state index in [9.17, 15) is 4.79 Å². The molecule has 0 spiro atoms. The highest BCUT2D eigenvalue weighted by Gasteiger charge is 2.18. The summed E-state index contributed by atoms with van der Waals surface area (Å²) in [6.45, 7) is 4.16. The van der Waals surface area contributed by atoms with Crippen molar-refractivity contribution in [2.24, 2.45) is 0 Å². The summed E-state index contributed by atoms with van der Waals surface area (Å²) >= 11 is 6.24. The van der Waals surface area contributed by atoms with E-state index in [1.807, 2.05) is 74.5 Å². The first-order chi connectivity index (χ1) is 13.5. The van der Waals surface area contributed by atoms with Gasteiger partial charge in [-0.25, -0.2) is 0 Å². The average molecular weight is 391 g/mol. The van der Waals surface area contributed by atoms with Gasteiger partial charge in [-0.3, -0.25) is 4.79 Å². The quantitative estimate of drug-likeness (QED) is 0.410. The molecule has 0 radical (unpaired) electrons. The molecule has 0 amide bonds. The minimum absolute atomic E-state index is 0.181. The molecule has 0 aliphatic carbocycles. The van der Waals surface area contributed by atoms with Crippen molar-refractivity contribution in [1.29, 1.82) is 0 Å². The van der Waals surface area contributed by atoms with Crippen LogP contribution in [-0.2, 0) is 6.61 Å². The lowest BCUT2D eigenvalue weighted by atomic mass is 10.0. The van der Waals surface area contributed by atoms with Crippen molar-refractivity contribution in [3.05, 3.63) is 98.7 Å². The lowest BCUT2D eigenvalue weighted by Crippen LogP contribution is -2.11. The highest BCUT2D eigenvalue weighted by atomic mass is 35.5. The largest absolute Gasteiger partial charge is 0.481 e. The van der Waals surface area contributed by atoms with E-state index in [4.69, 9.17) is 20.8 Å². The highest BCUT2D eigenvalue weighted by Crippen LogP contribution is 2.32. The van der Waals surface area contributed by atoms with Crippen LogP contribution in [0.2, 0.25) is 5.02 Å². The molecule has 3 nitrogen and oxygen atoms in total. The number of fused-ring (bicyclic) bond motifs is 1. The molecular weight excluding hydrogens is 372 g/mol. The fourth-order valence-electron chi connectivity index (χ4n) is 3.11. The highest BCUT2D eigenvalue weighted by molar-refractivity contribution is 6.31. The van der Waals surface area contributed by atoms with Crippen molar-refractivity contribution in [2.75, 3.05) is 0 Å². The van der Waals surface area contributed by atoms with Gasteiger partial charge in [-0.05, 0) is 43.2 Å². The molecule has 0 aliphatic rings. The summed E-state index contributed by atoms with van der Waals surface area (Å²) in [4.78, 5) is 13.3. The molecule has 1 heterocycles. The standard InChI is InChI=1S/C24H19ClO3/c1-15-12-19-21(13-16(15)2)28-23(17-8-4-3-5-9-17)24(22(19)26)27-14-18-10-6-7-11-20(18)25/h3-13H,14H2,1-2H3. The van der Waals surface area contributed by atoms with Gasteiger partial charge in [-0.2, -0.15) is 0 Å². The maximum Gasteiger partial charge on any atom is 0.235 e. The molecule has 0 unspecified atom stereocenters. The van der Waals surface area contributed by atoms with Gasteiger partial charge in [-0.15, -0.1) is 0 Å². The van der Waals surface area contributed by atoms with Crippen LogP contribution in [0.15, 0.2) is 75.9 Å². The van der Waals surface area contributed by atoms with Gasteiger partial charge in [-0.1, -0.05) is 60.1 Å². The van der Waals surface area contributed by atoms with E-state index in [2.05, 4.69) is 0 Å². The van der Waals surface area contributed by atoms with Crippen molar-refractivity contribution in [3.63, 3.8) is 0 Å². The molecule has 28 heavy (non-hydrogen) atoms. The predicted molar refractivity (Wildman–Crippen MR) is 113 cm³/mol. The Labute approximate surface area is 168 Å². The number of benzene rings is 3. The predicted octanol–water partition coefficient (Wildman–Crippen LogP) is 6.31. The van der Waals surface area contributed by atoms with Gasteiger partial charge in [0.25, 0.3) is 0 Å². The maximum atomic E-state index is 13.3. The second-order valence-electron chi connectivity index (χ2n) is 6.77. The van der Waals surface area contributed by atoms with Gasteiger partial charge in [0, 0.05) is 16.1 Å². The molecule has 0 saturated heterocycles. The van der Waals surface area contributed by atoms with Gasteiger partial charge < -0.3 is 9.15 Å². The molecule has 0 bridgehead atoms. The zero-order valence-electron chi connectivity index (χ0n) is 15.7. The van der Waals surface area contributed by atoms with Gasteiger partial charge in [0.2, 0.25) is 11.2 Å². The smallest absolute Gasteiger partial charge is 0.235 e. The fraction of sp³-hybridized carbons (Fsp3) is 0.125. The minimum atomic E-state index is -0.185. The Bertz CT molecular complexity index is 1210. The van der Waals surface area contributed by atoms with Crippen LogP contribution in [0.25, 0.3) is 22.3 Å². The molecule has 3 aromatic carbocycles. The number of ether oxygens (including phenoxy) is 1. The van der Waals surface area contributed by atoms with E-state index < -0.39 is 0 Å². The number of aryl methyl sites for hydroxylation is 2. The van der Waals surface area contributed by atoms with E-state index in [0.717, 1.165) is 22.3 Å². The van der Waals surface area contributed by atoms with Crippen LogP contribution < -0.4 is 10.2 Å². The minimum Gasteiger partial charge on any atom is -0.481 e. The first kappa shape index (κ1) is 18.3. The van der Waals surface area contributed by atoms with Gasteiger partial charge in [0.05, 0.1) is 5.39 Å². The summed E-state index contributed by atoms with van der Waals surface area (Å²) in [6, 6.07) is 20.7. The monoisotopic (exact) mass is 390 g/mol. The number of hydrogen-bond acceptors (Lipinski definition) is 3. The van der Waals surface area contributed by atoms with Gasteiger partial charge in [0.15, 0.2) is 5.76 Å². The number of rotatable bonds is 4. The first-order valence-corrected chi connectivity index (χ1v) is 9.42. The Balaban J connectivity index is 1.89. The van der Waals surface area contributed by atoms with Crippen molar-refractivity contribution in [3.8, 4) is 17.1 Å². The van der Waals surface area contributed by atoms with Crippen LogP contribution in [0.3, 0.4) is 0 Å². The molecule has 0 atom stereocenters. The van der Waals surface area contributed by atoms with Crippen LogP contribution in [0.1, 0.15) is 16.7 Å². The number of halogens is 1. The molecule has 0 aliphatic heterocycles. The van der Waals surface area contributed by atoms with E-state index in [-0.39, 0.29) is 17.8 Å². The zero-order chi connectivity index (χ0) is 19.7. The molecule has 0 saturated carbocycles. The number of hydrogen-bond donors (Lipinski definition) is 0. The Morgan fingerprint density at radius 1 is 0.929 bits per heavy atom. The summed E-state index contributed by atoms with van der Waals surface area (Å²) < 4.78 is 12.1. The molecular formula is C24H19ClO3. The third-order valence-electron chi connectivity index (χ3n) is 4.83. The van der Waals surface area contributed by atoms with Crippen LogP contribution in [0, 0.1) is 13.8 Å². The Morgan fingerprint density at radius 3 is 2.36 bits per heavy atom. The maximum absolute atomic E-state index is 13.3. The van der Waals surface area contributed by atoms with Gasteiger partial charge >= 0.3 is 0 Å². The molecule has 4 heteroatoms. The topological polar surface area (TPSA) is 39.4 Å². The van der Waals surface area contributed by atoms with Crippen molar-refractivity contribution < 1.29 is 9.15 Å². The normalized spacial score (nSPS) is 11.0. The molecule has 4 aromatic rings. The van der Waals surface area contributed by atoms with Crippen LogP contribution in [0.4, 0.5) is 0 Å². The Hall–Kier alpha value is -3.04. The molecule has 0 fully saturated rings. The second kappa shape index (κ2) is 7.53.